The lowest BCUT2D eigenvalue weighted by atomic mass is 10.1. The number of esters is 1. The van der Waals surface area contributed by atoms with E-state index in [9.17, 15) is 22.8 Å². The van der Waals surface area contributed by atoms with Crippen molar-refractivity contribution in [2.45, 2.75) is 46.2 Å². The van der Waals surface area contributed by atoms with Crippen molar-refractivity contribution in [1.82, 2.24) is 14.7 Å². The highest BCUT2D eigenvalue weighted by atomic mass is 32.2. The van der Waals surface area contributed by atoms with Gasteiger partial charge in [-0.3, -0.25) is 9.59 Å². The fourth-order valence-corrected chi connectivity index (χ4v) is 5.63. The third-order valence-electron chi connectivity index (χ3n) is 5.35. The summed E-state index contributed by atoms with van der Waals surface area (Å²) in [7, 11) is -3.17. The van der Waals surface area contributed by atoms with Crippen molar-refractivity contribution in [1.29, 1.82) is 0 Å². The van der Waals surface area contributed by atoms with E-state index in [2.05, 4.69) is 5.10 Å². The van der Waals surface area contributed by atoms with Gasteiger partial charge in [-0.2, -0.15) is 5.10 Å². The quantitative estimate of drug-likeness (QED) is 0.547. The van der Waals surface area contributed by atoms with Crippen LogP contribution in [-0.2, 0) is 25.9 Å². The highest BCUT2D eigenvalue weighted by Crippen LogP contribution is 2.20. The zero-order valence-corrected chi connectivity index (χ0v) is 19.4. The van der Waals surface area contributed by atoms with E-state index in [-0.39, 0.29) is 28.7 Å². The average molecular weight is 464 g/mol. The first-order chi connectivity index (χ1) is 15.1. The van der Waals surface area contributed by atoms with Crippen LogP contribution in [0.2, 0.25) is 0 Å². The van der Waals surface area contributed by atoms with E-state index in [0.717, 1.165) is 0 Å². The SMILES string of the molecule is CCCn1nc(C(=O)OCC(=O)N(CC(C)C)C2CCS(=O)(=O)C2)c2ccccc2c1=O. The summed E-state index contributed by atoms with van der Waals surface area (Å²) in [6, 6.07) is 6.23. The summed E-state index contributed by atoms with van der Waals surface area (Å²) < 4.78 is 30.3. The Morgan fingerprint density at radius 2 is 1.94 bits per heavy atom. The summed E-state index contributed by atoms with van der Waals surface area (Å²) in [5.74, 6) is -1.15. The highest BCUT2D eigenvalue weighted by Gasteiger charge is 2.35. The largest absolute Gasteiger partial charge is 0.451 e. The molecule has 0 spiro atoms. The number of nitrogens with zero attached hydrogens (tertiary/aromatic N) is 3. The highest BCUT2D eigenvalue weighted by molar-refractivity contribution is 7.91. The van der Waals surface area contributed by atoms with Crippen LogP contribution < -0.4 is 5.56 Å². The van der Waals surface area contributed by atoms with Gasteiger partial charge in [0.25, 0.3) is 11.5 Å². The van der Waals surface area contributed by atoms with Gasteiger partial charge in [0.05, 0.1) is 16.9 Å². The summed E-state index contributed by atoms with van der Waals surface area (Å²) >= 11 is 0. The molecule has 0 radical (unpaired) electrons. The number of aryl methyl sites for hydroxylation is 1. The minimum atomic E-state index is -3.17. The van der Waals surface area contributed by atoms with Crippen LogP contribution in [0.3, 0.4) is 0 Å². The van der Waals surface area contributed by atoms with Crippen LogP contribution >= 0.6 is 0 Å². The number of benzene rings is 1. The second-order valence-corrected chi connectivity index (χ2v) is 10.7. The minimum absolute atomic E-state index is 0.0275. The standard InChI is InChI=1S/C22H29N3O6S/c1-4-10-25-21(27)18-8-6-5-7-17(18)20(23-25)22(28)31-13-19(26)24(12-15(2)3)16-9-11-32(29,30)14-16/h5-8,15-16H,4,9-14H2,1-3H3. The molecular formula is C22H29N3O6S. The maximum atomic E-state index is 12.9. The molecule has 0 aliphatic carbocycles. The first-order valence-electron chi connectivity index (χ1n) is 10.8. The number of aromatic nitrogens is 2. The predicted octanol–water partition coefficient (Wildman–Crippen LogP) is 1.63. The zero-order chi connectivity index (χ0) is 23.5. The second kappa shape index (κ2) is 9.81. The van der Waals surface area contributed by atoms with E-state index in [1.807, 2.05) is 20.8 Å². The van der Waals surface area contributed by atoms with Crippen molar-refractivity contribution >= 4 is 32.5 Å². The summed E-state index contributed by atoms with van der Waals surface area (Å²) in [6.07, 6.45) is 1.04. The Kier molecular flexibility index (Phi) is 7.33. The monoisotopic (exact) mass is 463 g/mol. The molecule has 32 heavy (non-hydrogen) atoms. The summed E-state index contributed by atoms with van der Waals surface area (Å²) in [5.41, 5.74) is -0.319. The molecule has 2 aromatic rings. The molecule has 3 rings (SSSR count). The molecule has 1 saturated heterocycles. The van der Waals surface area contributed by atoms with Crippen LogP contribution in [0.15, 0.2) is 29.1 Å². The molecule has 1 aliphatic heterocycles. The number of amides is 1. The molecule has 1 aromatic heterocycles. The molecule has 0 N–H and O–H groups in total. The molecule has 1 fully saturated rings. The molecule has 1 aromatic carbocycles. The van der Waals surface area contributed by atoms with E-state index in [4.69, 9.17) is 4.74 Å². The van der Waals surface area contributed by atoms with E-state index in [1.54, 1.807) is 24.3 Å². The molecule has 0 bridgehead atoms. The fraction of sp³-hybridized carbons (Fsp3) is 0.545. The topological polar surface area (TPSA) is 116 Å². The first-order valence-corrected chi connectivity index (χ1v) is 12.6. The van der Waals surface area contributed by atoms with Crippen LogP contribution in [0.4, 0.5) is 0 Å². The molecule has 174 valence electrons. The maximum absolute atomic E-state index is 12.9. The Morgan fingerprint density at radius 3 is 2.53 bits per heavy atom. The predicted molar refractivity (Wildman–Crippen MR) is 120 cm³/mol. The Balaban J connectivity index is 1.81. The maximum Gasteiger partial charge on any atom is 0.359 e. The van der Waals surface area contributed by atoms with E-state index in [1.165, 1.54) is 9.58 Å². The number of rotatable bonds is 8. The second-order valence-electron chi connectivity index (χ2n) is 8.50. The van der Waals surface area contributed by atoms with Crippen molar-refractivity contribution in [3.63, 3.8) is 0 Å². The van der Waals surface area contributed by atoms with Crippen LogP contribution in [-0.4, -0.2) is 65.7 Å². The van der Waals surface area contributed by atoms with Crippen molar-refractivity contribution in [3.05, 3.63) is 40.3 Å². The van der Waals surface area contributed by atoms with Gasteiger partial charge in [0, 0.05) is 24.5 Å². The molecule has 9 nitrogen and oxygen atoms in total. The van der Waals surface area contributed by atoms with Crippen LogP contribution in [0.5, 0.6) is 0 Å². The Hall–Kier alpha value is -2.75. The zero-order valence-electron chi connectivity index (χ0n) is 18.6. The number of hydrogen-bond donors (Lipinski definition) is 0. The van der Waals surface area contributed by atoms with Gasteiger partial charge in [0.2, 0.25) is 0 Å². The Labute approximate surface area is 187 Å². The molecule has 1 unspecified atom stereocenters. The molecule has 1 atom stereocenters. The van der Waals surface area contributed by atoms with Crippen molar-refractivity contribution < 1.29 is 22.7 Å². The molecular weight excluding hydrogens is 434 g/mol. The van der Waals surface area contributed by atoms with Crippen LogP contribution in [0, 0.1) is 5.92 Å². The number of hydrogen-bond acceptors (Lipinski definition) is 7. The third-order valence-corrected chi connectivity index (χ3v) is 7.10. The van der Waals surface area contributed by atoms with Gasteiger partial charge in [0.1, 0.15) is 0 Å². The Bertz CT molecular complexity index is 1170. The lowest BCUT2D eigenvalue weighted by Crippen LogP contribution is -2.45. The van der Waals surface area contributed by atoms with Crippen molar-refractivity contribution in [2.75, 3.05) is 24.7 Å². The van der Waals surface area contributed by atoms with Gasteiger partial charge in [-0.05, 0) is 24.8 Å². The fourth-order valence-electron chi connectivity index (χ4n) is 3.90. The smallest absolute Gasteiger partial charge is 0.359 e. The van der Waals surface area contributed by atoms with Crippen molar-refractivity contribution in [2.24, 2.45) is 5.92 Å². The Morgan fingerprint density at radius 1 is 1.25 bits per heavy atom. The van der Waals surface area contributed by atoms with Crippen LogP contribution in [0.1, 0.15) is 44.1 Å². The number of fused-ring (bicyclic) bond motifs is 1. The van der Waals surface area contributed by atoms with Gasteiger partial charge < -0.3 is 9.64 Å². The van der Waals surface area contributed by atoms with Gasteiger partial charge in [-0.15, -0.1) is 0 Å². The number of carbonyl (C=O) groups excluding carboxylic acids is 2. The molecule has 1 aliphatic rings. The molecule has 0 saturated carbocycles. The van der Waals surface area contributed by atoms with E-state index < -0.39 is 34.4 Å². The van der Waals surface area contributed by atoms with Gasteiger partial charge in [-0.25, -0.2) is 17.9 Å². The summed E-state index contributed by atoms with van der Waals surface area (Å²) in [5, 5.41) is 4.90. The third kappa shape index (κ3) is 5.35. The summed E-state index contributed by atoms with van der Waals surface area (Å²) in [4.78, 5) is 39.8. The van der Waals surface area contributed by atoms with Crippen molar-refractivity contribution in [3.8, 4) is 0 Å². The van der Waals surface area contributed by atoms with Gasteiger partial charge in [0.15, 0.2) is 22.1 Å². The first kappa shape index (κ1) is 23.9. The molecule has 2 heterocycles. The molecule has 10 heteroatoms. The normalized spacial score (nSPS) is 17.6. The number of carbonyl (C=O) groups is 2. The number of ether oxygens (including phenoxy) is 1. The summed E-state index contributed by atoms with van der Waals surface area (Å²) in [6.45, 7) is 5.96. The lowest BCUT2D eigenvalue weighted by Gasteiger charge is -2.29. The van der Waals surface area contributed by atoms with Gasteiger partial charge in [-0.1, -0.05) is 39.0 Å². The van der Waals surface area contributed by atoms with Gasteiger partial charge >= 0.3 is 5.97 Å². The lowest BCUT2D eigenvalue weighted by molar-refractivity contribution is -0.137. The van der Waals surface area contributed by atoms with E-state index in [0.29, 0.717) is 36.7 Å². The minimum Gasteiger partial charge on any atom is -0.451 e. The van der Waals surface area contributed by atoms with Crippen LogP contribution in [0.25, 0.3) is 10.8 Å². The van der Waals surface area contributed by atoms with E-state index >= 15 is 0 Å². The number of sulfone groups is 1. The average Bonchev–Trinajstić information content (AvgIpc) is 3.11. The molecule has 1 amide bonds.